The molecule has 1 aromatic rings. The van der Waals surface area contributed by atoms with Gasteiger partial charge in [0.15, 0.2) is 0 Å². The zero-order valence-electron chi connectivity index (χ0n) is 11.1. The average Bonchev–Trinajstić information content (AvgIpc) is 2.45. The zero-order valence-corrected chi connectivity index (χ0v) is 11.1. The number of alkyl halides is 3. The molecule has 1 heterocycles. The summed E-state index contributed by atoms with van der Waals surface area (Å²) in [6, 6.07) is 5.08. The van der Waals surface area contributed by atoms with Gasteiger partial charge in [-0.1, -0.05) is 12.1 Å². The molecule has 0 aromatic heterocycles. The van der Waals surface area contributed by atoms with E-state index in [4.69, 9.17) is 10.6 Å². The lowest BCUT2D eigenvalue weighted by Gasteiger charge is -2.26. The molecular formula is C14H19F3N2O. The molecule has 0 saturated carbocycles. The summed E-state index contributed by atoms with van der Waals surface area (Å²) in [7, 11) is 0. The Morgan fingerprint density at radius 3 is 2.60 bits per heavy atom. The highest BCUT2D eigenvalue weighted by Crippen LogP contribution is 2.33. The third-order valence-corrected chi connectivity index (χ3v) is 3.73. The van der Waals surface area contributed by atoms with Crippen molar-refractivity contribution < 1.29 is 17.9 Å². The van der Waals surface area contributed by atoms with Crippen LogP contribution in [0.25, 0.3) is 0 Å². The smallest absolute Gasteiger partial charge is 0.381 e. The van der Waals surface area contributed by atoms with Gasteiger partial charge >= 0.3 is 6.18 Å². The highest BCUT2D eigenvalue weighted by atomic mass is 19.4. The van der Waals surface area contributed by atoms with Crippen LogP contribution in [0.1, 0.15) is 36.4 Å². The van der Waals surface area contributed by atoms with Crippen molar-refractivity contribution in [3.05, 3.63) is 35.4 Å². The van der Waals surface area contributed by atoms with Gasteiger partial charge in [0.2, 0.25) is 0 Å². The first-order valence-electron chi connectivity index (χ1n) is 6.71. The van der Waals surface area contributed by atoms with E-state index in [9.17, 15) is 13.2 Å². The SMILES string of the molecule is NNC(CC1CCOCC1)c1cccc(C(F)(F)F)c1. The minimum Gasteiger partial charge on any atom is -0.381 e. The van der Waals surface area contributed by atoms with Crippen molar-refractivity contribution in [1.29, 1.82) is 0 Å². The van der Waals surface area contributed by atoms with E-state index in [1.165, 1.54) is 12.1 Å². The maximum Gasteiger partial charge on any atom is 0.416 e. The van der Waals surface area contributed by atoms with Crippen molar-refractivity contribution >= 4 is 0 Å². The van der Waals surface area contributed by atoms with Crippen LogP contribution in [0, 0.1) is 5.92 Å². The summed E-state index contributed by atoms with van der Waals surface area (Å²) in [6.45, 7) is 1.43. The number of ether oxygens (including phenoxy) is 1. The molecule has 1 atom stereocenters. The monoisotopic (exact) mass is 288 g/mol. The number of rotatable bonds is 4. The molecule has 0 spiro atoms. The van der Waals surface area contributed by atoms with Gasteiger partial charge in [-0.15, -0.1) is 0 Å². The van der Waals surface area contributed by atoms with Crippen LogP contribution in [0.4, 0.5) is 13.2 Å². The number of nitrogens with one attached hydrogen (secondary N) is 1. The van der Waals surface area contributed by atoms with Gasteiger partial charge in [-0.05, 0) is 42.9 Å². The van der Waals surface area contributed by atoms with Gasteiger partial charge in [0.25, 0.3) is 0 Å². The van der Waals surface area contributed by atoms with E-state index in [0.717, 1.165) is 25.3 Å². The molecule has 0 radical (unpaired) electrons. The fourth-order valence-corrected chi connectivity index (χ4v) is 2.55. The second-order valence-electron chi connectivity index (χ2n) is 5.13. The maximum atomic E-state index is 12.7. The second kappa shape index (κ2) is 6.56. The molecule has 3 N–H and O–H groups in total. The van der Waals surface area contributed by atoms with Gasteiger partial charge in [0.1, 0.15) is 0 Å². The van der Waals surface area contributed by atoms with Crippen molar-refractivity contribution in [3.8, 4) is 0 Å². The summed E-state index contributed by atoms with van der Waals surface area (Å²) in [5.41, 5.74) is 2.58. The first kappa shape index (κ1) is 15.3. The number of benzene rings is 1. The Bertz CT molecular complexity index is 431. The molecule has 1 unspecified atom stereocenters. The van der Waals surface area contributed by atoms with Crippen molar-refractivity contribution in [3.63, 3.8) is 0 Å². The Hall–Kier alpha value is -1.11. The Morgan fingerprint density at radius 2 is 2.00 bits per heavy atom. The van der Waals surface area contributed by atoms with E-state index in [-0.39, 0.29) is 6.04 Å². The third-order valence-electron chi connectivity index (χ3n) is 3.73. The van der Waals surface area contributed by atoms with Crippen LogP contribution in [-0.2, 0) is 10.9 Å². The summed E-state index contributed by atoms with van der Waals surface area (Å²) in [5.74, 6) is 5.95. The number of nitrogens with two attached hydrogens (primary N) is 1. The first-order chi connectivity index (χ1) is 9.50. The molecule has 2 rings (SSSR count). The van der Waals surface area contributed by atoms with Crippen molar-refractivity contribution in [2.24, 2.45) is 11.8 Å². The molecule has 0 bridgehead atoms. The van der Waals surface area contributed by atoms with E-state index < -0.39 is 11.7 Å². The summed E-state index contributed by atoms with van der Waals surface area (Å²) >= 11 is 0. The van der Waals surface area contributed by atoms with Crippen molar-refractivity contribution in [1.82, 2.24) is 5.43 Å². The lowest BCUT2D eigenvalue weighted by atomic mass is 9.89. The van der Waals surface area contributed by atoms with E-state index in [1.54, 1.807) is 6.07 Å². The molecule has 1 aliphatic heterocycles. The molecular weight excluding hydrogens is 269 g/mol. The van der Waals surface area contributed by atoms with Crippen molar-refractivity contribution in [2.75, 3.05) is 13.2 Å². The molecule has 1 saturated heterocycles. The van der Waals surface area contributed by atoms with Gasteiger partial charge in [-0.2, -0.15) is 13.2 Å². The molecule has 1 fully saturated rings. The molecule has 0 amide bonds. The number of hydrogen-bond acceptors (Lipinski definition) is 3. The summed E-state index contributed by atoms with van der Waals surface area (Å²) < 4.78 is 43.5. The lowest BCUT2D eigenvalue weighted by Crippen LogP contribution is -2.31. The minimum absolute atomic E-state index is 0.264. The maximum absolute atomic E-state index is 12.7. The van der Waals surface area contributed by atoms with Gasteiger partial charge in [0.05, 0.1) is 5.56 Å². The third kappa shape index (κ3) is 3.94. The quantitative estimate of drug-likeness (QED) is 0.661. The second-order valence-corrected chi connectivity index (χ2v) is 5.13. The van der Waals surface area contributed by atoms with Gasteiger partial charge in [-0.25, -0.2) is 0 Å². The number of halogens is 3. The lowest BCUT2D eigenvalue weighted by molar-refractivity contribution is -0.137. The Balaban J connectivity index is 2.10. The molecule has 20 heavy (non-hydrogen) atoms. The molecule has 1 aliphatic rings. The Labute approximate surface area is 116 Å². The van der Waals surface area contributed by atoms with Crippen LogP contribution in [0.15, 0.2) is 24.3 Å². The predicted molar refractivity (Wildman–Crippen MR) is 69.7 cm³/mol. The summed E-state index contributed by atoms with van der Waals surface area (Å²) in [4.78, 5) is 0. The Morgan fingerprint density at radius 1 is 1.30 bits per heavy atom. The van der Waals surface area contributed by atoms with Gasteiger partial charge in [0, 0.05) is 19.3 Å². The van der Waals surface area contributed by atoms with Crippen molar-refractivity contribution in [2.45, 2.75) is 31.5 Å². The molecule has 3 nitrogen and oxygen atoms in total. The zero-order chi connectivity index (χ0) is 14.6. The van der Waals surface area contributed by atoms with Crippen LogP contribution in [0.2, 0.25) is 0 Å². The molecule has 1 aromatic carbocycles. The summed E-state index contributed by atoms with van der Waals surface area (Å²) in [6.07, 6.45) is -1.75. The van der Waals surface area contributed by atoms with E-state index >= 15 is 0 Å². The predicted octanol–water partition coefficient (Wildman–Crippen LogP) is 3.03. The van der Waals surface area contributed by atoms with Gasteiger partial charge < -0.3 is 4.74 Å². The largest absolute Gasteiger partial charge is 0.416 e. The van der Waals surface area contributed by atoms with E-state index in [0.29, 0.717) is 24.7 Å². The first-order valence-corrected chi connectivity index (χ1v) is 6.71. The number of hydrogen-bond donors (Lipinski definition) is 2. The molecule has 6 heteroatoms. The normalized spacial score (nSPS) is 19.0. The topological polar surface area (TPSA) is 47.3 Å². The minimum atomic E-state index is -4.33. The number of hydrazine groups is 1. The van der Waals surface area contributed by atoms with Crippen LogP contribution in [-0.4, -0.2) is 13.2 Å². The fraction of sp³-hybridized carbons (Fsp3) is 0.571. The van der Waals surface area contributed by atoms with Crippen LogP contribution < -0.4 is 11.3 Å². The summed E-state index contributed by atoms with van der Waals surface area (Å²) in [5, 5.41) is 0. The highest BCUT2D eigenvalue weighted by Gasteiger charge is 2.31. The van der Waals surface area contributed by atoms with Crippen LogP contribution in [0.5, 0.6) is 0 Å². The fourth-order valence-electron chi connectivity index (χ4n) is 2.55. The van der Waals surface area contributed by atoms with E-state index in [1.807, 2.05) is 0 Å². The highest BCUT2D eigenvalue weighted by molar-refractivity contribution is 5.28. The molecule has 112 valence electrons. The van der Waals surface area contributed by atoms with Gasteiger partial charge in [-0.3, -0.25) is 11.3 Å². The van der Waals surface area contributed by atoms with Crippen LogP contribution >= 0.6 is 0 Å². The molecule has 0 aliphatic carbocycles. The van der Waals surface area contributed by atoms with E-state index in [2.05, 4.69) is 5.43 Å². The Kier molecular flexibility index (Phi) is 5.01. The standard InChI is InChI=1S/C14H19F3N2O/c15-14(16,17)12-3-1-2-11(9-12)13(19-18)8-10-4-6-20-7-5-10/h1-3,9-10,13,19H,4-8,18H2. The van der Waals surface area contributed by atoms with Crippen LogP contribution in [0.3, 0.4) is 0 Å². The average molecular weight is 288 g/mol.